The van der Waals surface area contributed by atoms with Gasteiger partial charge in [0.2, 0.25) is 0 Å². The number of aromatic nitrogens is 1. The van der Waals surface area contributed by atoms with Gasteiger partial charge < -0.3 is 19.9 Å². The number of hydrogen-bond donors (Lipinski definition) is 2. The SMILES string of the molecule is CCNC(=NCc1c(CC)noc1CC)NCC(C)Oc1cccc(F)c1.I. The van der Waals surface area contributed by atoms with Gasteiger partial charge in [0.15, 0.2) is 5.96 Å². The zero-order chi connectivity index (χ0) is 19.6. The van der Waals surface area contributed by atoms with E-state index in [-0.39, 0.29) is 35.9 Å². The van der Waals surface area contributed by atoms with Crippen molar-refractivity contribution in [3.8, 4) is 5.75 Å². The summed E-state index contributed by atoms with van der Waals surface area (Å²) in [7, 11) is 0. The summed E-state index contributed by atoms with van der Waals surface area (Å²) in [6.07, 6.45) is 1.46. The van der Waals surface area contributed by atoms with Gasteiger partial charge >= 0.3 is 0 Å². The van der Waals surface area contributed by atoms with Crippen molar-refractivity contribution in [2.24, 2.45) is 4.99 Å². The van der Waals surface area contributed by atoms with Crippen LogP contribution in [0.3, 0.4) is 0 Å². The molecule has 0 aliphatic carbocycles. The maximum atomic E-state index is 13.3. The summed E-state index contributed by atoms with van der Waals surface area (Å²) in [5.41, 5.74) is 2.01. The molecule has 2 aromatic rings. The minimum absolute atomic E-state index is 0. The van der Waals surface area contributed by atoms with E-state index in [2.05, 4.69) is 27.7 Å². The first-order chi connectivity index (χ1) is 13.1. The fraction of sp³-hybridized carbons (Fsp3) is 0.500. The van der Waals surface area contributed by atoms with E-state index >= 15 is 0 Å². The molecule has 0 spiro atoms. The van der Waals surface area contributed by atoms with Gasteiger partial charge in [-0.3, -0.25) is 0 Å². The summed E-state index contributed by atoms with van der Waals surface area (Å²) in [6.45, 7) is 9.82. The average molecular weight is 504 g/mol. The van der Waals surface area contributed by atoms with Crippen LogP contribution in [0, 0.1) is 5.82 Å². The van der Waals surface area contributed by atoms with E-state index in [1.807, 2.05) is 20.8 Å². The van der Waals surface area contributed by atoms with Crippen molar-refractivity contribution in [1.82, 2.24) is 15.8 Å². The minimum Gasteiger partial charge on any atom is -0.489 e. The summed E-state index contributed by atoms with van der Waals surface area (Å²) in [5, 5.41) is 10.6. The van der Waals surface area contributed by atoms with Crippen molar-refractivity contribution in [2.45, 2.75) is 53.2 Å². The Labute approximate surface area is 183 Å². The van der Waals surface area contributed by atoms with Crippen LogP contribution in [0.1, 0.15) is 44.7 Å². The molecular weight excluding hydrogens is 474 g/mol. The largest absolute Gasteiger partial charge is 0.489 e. The number of guanidine groups is 1. The first-order valence-corrected chi connectivity index (χ1v) is 9.48. The highest BCUT2D eigenvalue weighted by atomic mass is 127. The lowest BCUT2D eigenvalue weighted by Gasteiger charge is -2.17. The third-order valence-electron chi connectivity index (χ3n) is 4.04. The molecule has 0 aliphatic heterocycles. The molecule has 1 aromatic carbocycles. The van der Waals surface area contributed by atoms with Crippen LogP contribution in [0.2, 0.25) is 0 Å². The van der Waals surface area contributed by atoms with Crippen LogP contribution in [0.25, 0.3) is 0 Å². The number of benzene rings is 1. The molecule has 2 rings (SSSR count). The Bertz CT molecular complexity index is 730. The van der Waals surface area contributed by atoms with Gasteiger partial charge in [0.1, 0.15) is 23.4 Å². The number of aryl methyl sites for hydroxylation is 2. The number of aliphatic imine (C=N–C) groups is 1. The van der Waals surface area contributed by atoms with Crippen LogP contribution in [0.15, 0.2) is 33.8 Å². The molecule has 0 saturated carbocycles. The smallest absolute Gasteiger partial charge is 0.191 e. The van der Waals surface area contributed by atoms with E-state index in [1.54, 1.807) is 12.1 Å². The first-order valence-electron chi connectivity index (χ1n) is 9.48. The highest BCUT2D eigenvalue weighted by Crippen LogP contribution is 2.17. The second-order valence-electron chi connectivity index (χ2n) is 6.20. The first kappa shape index (κ1) is 24.2. The second-order valence-corrected chi connectivity index (χ2v) is 6.20. The molecule has 0 amide bonds. The number of ether oxygens (including phenoxy) is 1. The highest BCUT2D eigenvalue weighted by Gasteiger charge is 2.13. The number of nitrogens with one attached hydrogen (secondary N) is 2. The van der Waals surface area contributed by atoms with E-state index in [9.17, 15) is 4.39 Å². The lowest BCUT2D eigenvalue weighted by atomic mass is 10.1. The van der Waals surface area contributed by atoms with Crippen molar-refractivity contribution in [1.29, 1.82) is 0 Å². The third kappa shape index (κ3) is 7.29. The topological polar surface area (TPSA) is 71.7 Å². The predicted molar refractivity (Wildman–Crippen MR) is 120 cm³/mol. The summed E-state index contributed by atoms with van der Waals surface area (Å²) < 4.78 is 24.4. The molecule has 6 nitrogen and oxygen atoms in total. The van der Waals surface area contributed by atoms with Crippen molar-refractivity contribution < 1.29 is 13.7 Å². The fourth-order valence-corrected chi connectivity index (χ4v) is 2.67. The monoisotopic (exact) mass is 504 g/mol. The standard InChI is InChI=1S/C20H29FN4O2.HI/c1-5-18-17(19(6-2)27-25-18)13-24-20(22-7-3)23-12-14(4)26-16-10-8-9-15(21)11-16;/h8-11,14H,5-7,12-13H2,1-4H3,(H2,22,23,24);1H. The van der Waals surface area contributed by atoms with Gasteiger partial charge in [-0.05, 0) is 32.4 Å². The molecule has 1 atom stereocenters. The number of halogens is 2. The van der Waals surface area contributed by atoms with E-state index in [0.717, 1.165) is 36.4 Å². The van der Waals surface area contributed by atoms with E-state index < -0.39 is 0 Å². The van der Waals surface area contributed by atoms with Crippen LogP contribution < -0.4 is 15.4 Å². The van der Waals surface area contributed by atoms with Crippen molar-refractivity contribution in [2.75, 3.05) is 13.1 Å². The Morgan fingerprint density at radius 2 is 2.04 bits per heavy atom. The van der Waals surface area contributed by atoms with Gasteiger partial charge in [0.05, 0.1) is 18.8 Å². The van der Waals surface area contributed by atoms with Gasteiger partial charge in [-0.25, -0.2) is 9.38 Å². The van der Waals surface area contributed by atoms with Crippen LogP contribution in [-0.4, -0.2) is 30.3 Å². The number of hydrogen-bond acceptors (Lipinski definition) is 4. The molecule has 2 N–H and O–H groups in total. The Morgan fingerprint density at radius 3 is 2.68 bits per heavy atom. The number of nitrogens with zero attached hydrogens (tertiary/aromatic N) is 2. The Balaban J connectivity index is 0.00000392. The fourth-order valence-electron chi connectivity index (χ4n) is 2.67. The number of rotatable bonds is 9. The molecule has 28 heavy (non-hydrogen) atoms. The van der Waals surface area contributed by atoms with Crippen molar-refractivity contribution in [3.05, 3.63) is 47.1 Å². The third-order valence-corrected chi connectivity index (χ3v) is 4.04. The van der Waals surface area contributed by atoms with Gasteiger partial charge in [-0.1, -0.05) is 25.1 Å². The molecule has 0 radical (unpaired) electrons. The lowest BCUT2D eigenvalue weighted by Crippen LogP contribution is -2.41. The molecule has 8 heteroatoms. The molecular formula is C20H30FIN4O2. The van der Waals surface area contributed by atoms with E-state index in [0.29, 0.717) is 24.8 Å². The summed E-state index contributed by atoms with van der Waals surface area (Å²) >= 11 is 0. The molecule has 0 fully saturated rings. The lowest BCUT2D eigenvalue weighted by molar-refractivity contribution is 0.223. The summed E-state index contributed by atoms with van der Waals surface area (Å²) in [4.78, 5) is 4.65. The molecule has 1 unspecified atom stereocenters. The summed E-state index contributed by atoms with van der Waals surface area (Å²) in [6, 6.07) is 6.14. The second kappa shape index (κ2) is 12.6. The normalized spacial score (nSPS) is 12.2. The zero-order valence-electron chi connectivity index (χ0n) is 16.9. The van der Waals surface area contributed by atoms with Crippen LogP contribution >= 0.6 is 24.0 Å². The predicted octanol–water partition coefficient (Wildman–Crippen LogP) is 4.08. The minimum atomic E-state index is -0.310. The van der Waals surface area contributed by atoms with Gasteiger partial charge in [-0.2, -0.15) is 0 Å². The van der Waals surface area contributed by atoms with E-state index in [4.69, 9.17) is 9.26 Å². The van der Waals surface area contributed by atoms with Gasteiger partial charge in [0, 0.05) is 24.6 Å². The maximum Gasteiger partial charge on any atom is 0.191 e. The van der Waals surface area contributed by atoms with Crippen LogP contribution in [-0.2, 0) is 19.4 Å². The Kier molecular flexibility index (Phi) is 10.9. The Hall–Kier alpha value is -1.84. The highest BCUT2D eigenvalue weighted by molar-refractivity contribution is 14.0. The van der Waals surface area contributed by atoms with Crippen molar-refractivity contribution >= 4 is 29.9 Å². The quantitative estimate of drug-likeness (QED) is 0.306. The maximum absolute atomic E-state index is 13.3. The average Bonchev–Trinajstić information content (AvgIpc) is 3.06. The van der Waals surface area contributed by atoms with Gasteiger partial charge in [-0.15, -0.1) is 24.0 Å². The zero-order valence-corrected chi connectivity index (χ0v) is 19.2. The van der Waals surface area contributed by atoms with Crippen LogP contribution in [0.5, 0.6) is 5.75 Å². The molecule has 156 valence electrons. The Morgan fingerprint density at radius 1 is 1.25 bits per heavy atom. The van der Waals surface area contributed by atoms with E-state index in [1.165, 1.54) is 12.1 Å². The molecule has 0 bridgehead atoms. The summed E-state index contributed by atoms with van der Waals surface area (Å²) in [5.74, 6) is 1.78. The van der Waals surface area contributed by atoms with Gasteiger partial charge in [0.25, 0.3) is 0 Å². The molecule has 0 saturated heterocycles. The molecule has 0 aliphatic rings. The molecule has 1 aromatic heterocycles. The van der Waals surface area contributed by atoms with Crippen molar-refractivity contribution in [3.63, 3.8) is 0 Å². The van der Waals surface area contributed by atoms with Crippen LogP contribution in [0.4, 0.5) is 4.39 Å². The molecule has 1 heterocycles.